The number of anilines is 3. The van der Waals surface area contributed by atoms with Crippen LogP contribution in [0, 0.1) is 0 Å². The molecule has 3 heteroatoms. The van der Waals surface area contributed by atoms with Gasteiger partial charge in [-0.1, -0.05) is 212 Å². The maximum absolute atomic E-state index is 6.63. The molecule has 2 heterocycles. The van der Waals surface area contributed by atoms with E-state index in [4.69, 9.17) is 4.42 Å². The standard InChI is InChI=1S/C77H48N2O/c1-3-19-49(20-4-1)50-37-40-56(41-38-50)78(70-34-18-36-73-75(70)64-29-12-16-35-72(64)80-73)57-46-53(45-54(47-57)59-30-17-22-51-21-7-8-25-58(51)59)52-39-42-61-60-26-9-13-31-65(60)77(68(61)48-52)66-32-14-10-27-62(66)74-67(77)43-44-71-76(74)63-28-11-15-33-69(63)79(71)55-23-5-2-6-24-55/h1-48H. The van der Waals surface area contributed by atoms with Crippen molar-refractivity contribution in [2.24, 2.45) is 0 Å². The van der Waals surface area contributed by atoms with E-state index in [1.165, 1.54) is 88.2 Å². The Balaban J connectivity index is 0.934. The molecule has 2 aromatic heterocycles. The van der Waals surface area contributed by atoms with Crippen molar-refractivity contribution in [3.05, 3.63) is 313 Å². The number of hydrogen-bond acceptors (Lipinski definition) is 2. The molecular weight excluding hydrogens is 969 g/mol. The van der Waals surface area contributed by atoms with Crippen molar-refractivity contribution in [1.29, 1.82) is 0 Å². The second kappa shape index (κ2) is 17.3. The summed E-state index contributed by atoms with van der Waals surface area (Å²) in [4.78, 5) is 2.45. The Morgan fingerprint density at radius 2 is 0.925 bits per heavy atom. The molecule has 1 atom stereocenters. The third-order valence-corrected chi connectivity index (χ3v) is 17.4. The molecule has 0 radical (unpaired) electrons. The van der Waals surface area contributed by atoms with Crippen LogP contribution in [0.4, 0.5) is 17.1 Å². The first-order valence-electron chi connectivity index (χ1n) is 27.6. The number of furan rings is 1. The topological polar surface area (TPSA) is 21.3 Å². The van der Waals surface area contributed by atoms with Crippen molar-refractivity contribution in [3.8, 4) is 61.3 Å². The van der Waals surface area contributed by atoms with E-state index < -0.39 is 5.41 Å². The van der Waals surface area contributed by atoms with E-state index in [0.29, 0.717) is 0 Å². The van der Waals surface area contributed by atoms with Crippen molar-refractivity contribution in [1.82, 2.24) is 4.57 Å². The Morgan fingerprint density at radius 1 is 0.312 bits per heavy atom. The lowest BCUT2D eigenvalue weighted by atomic mass is 9.70. The highest BCUT2D eigenvalue weighted by molar-refractivity contribution is 6.19. The maximum atomic E-state index is 6.63. The van der Waals surface area contributed by atoms with Gasteiger partial charge in [-0.2, -0.15) is 0 Å². The number of hydrogen-bond donors (Lipinski definition) is 0. The average molecular weight is 1020 g/mol. The Kier molecular flexibility index (Phi) is 9.63. The number of aromatic nitrogens is 1. The van der Waals surface area contributed by atoms with E-state index in [-0.39, 0.29) is 0 Å². The molecule has 80 heavy (non-hydrogen) atoms. The van der Waals surface area contributed by atoms with E-state index in [1.54, 1.807) is 0 Å². The molecule has 13 aromatic carbocycles. The Hall–Kier alpha value is -10.5. The van der Waals surface area contributed by atoms with Gasteiger partial charge in [0.15, 0.2) is 0 Å². The molecule has 15 aromatic rings. The van der Waals surface area contributed by atoms with Crippen molar-refractivity contribution < 1.29 is 4.42 Å². The van der Waals surface area contributed by atoms with Crippen LogP contribution in [0.2, 0.25) is 0 Å². The molecule has 0 aliphatic heterocycles. The third-order valence-electron chi connectivity index (χ3n) is 17.4. The Bertz CT molecular complexity index is 5000. The van der Waals surface area contributed by atoms with Crippen molar-refractivity contribution in [3.63, 3.8) is 0 Å². The molecule has 2 aliphatic carbocycles. The molecule has 372 valence electrons. The zero-order valence-corrected chi connectivity index (χ0v) is 43.5. The fraction of sp³-hybridized carbons (Fsp3) is 0.0130. The van der Waals surface area contributed by atoms with E-state index in [2.05, 4.69) is 301 Å². The van der Waals surface area contributed by atoms with Crippen LogP contribution >= 0.6 is 0 Å². The second-order valence-electron chi connectivity index (χ2n) is 21.5. The molecule has 17 rings (SSSR count). The summed E-state index contributed by atoms with van der Waals surface area (Å²) in [5, 5.41) is 7.12. The highest BCUT2D eigenvalue weighted by atomic mass is 16.3. The van der Waals surface area contributed by atoms with Gasteiger partial charge in [-0.25, -0.2) is 0 Å². The minimum absolute atomic E-state index is 0.585. The molecule has 1 spiro atoms. The van der Waals surface area contributed by atoms with Crippen molar-refractivity contribution >= 4 is 71.6 Å². The average Bonchev–Trinajstić information content (AvgIpc) is 3.06. The maximum Gasteiger partial charge on any atom is 0.137 e. The van der Waals surface area contributed by atoms with Gasteiger partial charge in [-0.3, -0.25) is 0 Å². The molecule has 1 unspecified atom stereocenters. The van der Waals surface area contributed by atoms with Gasteiger partial charge in [-0.15, -0.1) is 0 Å². The highest BCUT2D eigenvalue weighted by Gasteiger charge is 2.52. The Labute approximate surface area is 463 Å². The van der Waals surface area contributed by atoms with Gasteiger partial charge in [0.1, 0.15) is 11.2 Å². The monoisotopic (exact) mass is 1020 g/mol. The number of rotatable bonds is 7. The minimum atomic E-state index is -0.585. The predicted molar refractivity (Wildman–Crippen MR) is 333 cm³/mol. The van der Waals surface area contributed by atoms with Gasteiger partial charge in [0.25, 0.3) is 0 Å². The van der Waals surface area contributed by atoms with Crippen LogP contribution in [0.15, 0.2) is 296 Å². The molecule has 2 aliphatic rings. The zero-order valence-electron chi connectivity index (χ0n) is 43.5. The number of para-hydroxylation sites is 3. The third kappa shape index (κ3) is 6.37. The number of nitrogens with zero attached hydrogens (tertiary/aromatic N) is 2. The molecule has 0 bridgehead atoms. The van der Waals surface area contributed by atoms with Gasteiger partial charge in [0.05, 0.1) is 27.5 Å². The lowest BCUT2D eigenvalue weighted by molar-refractivity contribution is 0.669. The summed E-state index contributed by atoms with van der Waals surface area (Å²) in [6.45, 7) is 0. The van der Waals surface area contributed by atoms with Gasteiger partial charge in [-0.05, 0) is 168 Å². The second-order valence-corrected chi connectivity index (χ2v) is 21.5. The predicted octanol–water partition coefficient (Wildman–Crippen LogP) is 20.7. The van der Waals surface area contributed by atoms with E-state index in [9.17, 15) is 0 Å². The van der Waals surface area contributed by atoms with Crippen LogP contribution in [0.3, 0.4) is 0 Å². The summed E-state index contributed by atoms with van der Waals surface area (Å²) >= 11 is 0. The molecule has 0 saturated carbocycles. The summed E-state index contributed by atoms with van der Waals surface area (Å²) < 4.78 is 9.08. The largest absolute Gasteiger partial charge is 0.456 e. The highest BCUT2D eigenvalue weighted by Crippen LogP contribution is 2.65. The number of fused-ring (bicyclic) bond motifs is 18. The molecular formula is C77H48N2O. The minimum Gasteiger partial charge on any atom is -0.456 e. The van der Waals surface area contributed by atoms with Gasteiger partial charge < -0.3 is 13.9 Å². The van der Waals surface area contributed by atoms with Crippen molar-refractivity contribution in [2.45, 2.75) is 5.41 Å². The van der Waals surface area contributed by atoms with Crippen molar-refractivity contribution in [2.75, 3.05) is 4.90 Å². The summed E-state index contributed by atoms with van der Waals surface area (Å²) in [6.07, 6.45) is 0. The van der Waals surface area contributed by atoms with E-state index in [1.807, 2.05) is 0 Å². The number of benzene rings is 13. The van der Waals surface area contributed by atoms with E-state index in [0.717, 1.165) is 66.9 Å². The summed E-state index contributed by atoms with van der Waals surface area (Å²) in [6, 6.07) is 108. The molecule has 0 amide bonds. The van der Waals surface area contributed by atoms with Gasteiger partial charge >= 0.3 is 0 Å². The summed E-state index contributed by atoms with van der Waals surface area (Å²) in [5.41, 5.74) is 25.2. The smallest absolute Gasteiger partial charge is 0.137 e. The van der Waals surface area contributed by atoms with Crippen LogP contribution in [-0.4, -0.2) is 4.57 Å². The summed E-state index contributed by atoms with van der Waals surface area (Å²) in [7, 11) is 0. The first kappa shape index (κ1) is 44.6. The zero-order chi connectivity index (χ0) is 52.5. The molecule has 0 fully saturated rings. The first-order chi connectivity index (χ1) is 39.7. The van der Waals surface area contributed by atoms with E-state index >= 15 is 0 Å². The molecule has 0 saturated heterocycles. The summed E-state index contributed by atoms with van der Waals surface area (Å²) in [5.74, 6) is 0. The molecule has 3 nitrogen and oxygen atoms in total. The SMILES string of the molecule is c1ccc(-c2ccc(N(c3cc(-c4ccc5c(c4)C4(c6ccccc6-5)c5ccccc5-c5c4ccc4c5c5ccccc5n4-c4ccccc4)cc(-c4cccc5ccccc45)c3)c3cccc4oc5ccccc5c34)cc2)cc1. The fourth-order valence-electron chi connectivity index (χ4n) is 14.1. The van der Waals surface area contributed by atoms with Gasteiger partial charge in [0, 0.05) is 33.2 Å². The Morgan fingerprint density at radius 3 is 1.77 bits per heavy atom. The first-order valence-corrected chi connectivity index (χ1v) is 27.6. The lowest BCUT2D eigenvalue weighted by Crippen LogP contribution is -2.25. The lowest BCUT2D eigenvalue weighted by Gasteiger charge is -2.31. The van der Waals surface area contributed by atoms with Crippen LogP contribution in [0.5, 0.6) is 0 Å². The van der Waals surface area contributed by atoms with Crippen LogP contribution < -0.4 is 4.90 Å². The van der Waals surface area contributed by atoms with Crippen LogP contribution in [0.25, 0.3) is 116 Å². The quantitative estimate of drug-likeness (QED) is 0.159. The van der Waals surface area contributed by atoms with Gasteiger partial charge in [0.2, 0.25) is 0 Å². The fourth-order valence-corrected chi connectivity index (χ4v) is 14.1. The molecule has 0 N–H and O–H groups in total. The van der Waals surface area contributed by atoms with Crippen LogP contribution in [-0.2, 0) is 5.41 Å². The normalized spacial score (nSPS) is 14.1. The van der Waals surface area contributed by atoms with Crippen LogP contribution in [0.1, 0.15) is 22.3 Å².